The lowest BCUT2D eigenvalue weighted by atomic mass is 9.96. The van der Waals surface area contributed by atoms with Crippen molar-refractivity contribution < 1.29 is 4.79 Å². The van der Waals surface area contributed by atoms with Gasteiger partial charge in [0.25, 0.3) is 0 Å². The fraction of sp³-hybridized carbons (Fsp3) is 0.412. The summed E-state index contributed by atoms with van der Waals surface area (Å²) in [6, 6.07) is 7.57. The van der Waals surface area contributed by atoms with Gasteiger partial charge in [0.15, 0.2) is 0 Å². The van der Waals surface area contributed by atoms with Gasteiger partial charge < -0.3 is 10.2 Å². The first-order valence-electron chi connectivity index (χ1n) is 8.10. The van der Waals surface area contributed by atoms with E-state index in [1.165, 1.54) is 0 Å². The molecule has 3 heterocycles. The molecule has 0 saturated carbocycles. The molecule has 0 aromatic carbocycles. The van der Waals surface area contributed by atoms with Crippen LogP contribution in [-0.2, 0) is 11.3 Å². The predicted octanol–water partition coefficient (Wildman–Crippen LogP) is 1.18. The van der Waals surface area contributed by atoms with Crippen LogP contribution in [-0.4, -0.2) is 40.3 Å². The summed E-state index contributed by atoms with van der Waals surface area (Å²) in [6.45, 7) is 2.64. The third kappa shape index (κ3) is 3.90. The van der Waals surface area contributed by atoms with Crippen LogP contribution in [0.1, 0.15) is 18.4 Å². The molecule has 1 aliphatic rings. The highest BCUT2D eigenvalue weighted by molar-refractivity contribution is 5.75. The summed E-state index contributed by atoms with van der Waals surface area (Å²) in [5.74, 6) is 1.20. The lowest BCUT2D eigenvalue weighted by molar-refractivity contribution is -0.122. The normalized spacial score (nSPS) is 15.0. The van der Waals surface area contributed by atoms with Crippen molar-refractivity contribution in [3.05, 3.63) is 42.4 Å². The van der Waals surface area contributed by atoms with Gasteiger partial charge in [0.1, 0.15) is 18.4 Å². The third-order valence-electron chi connectivity index (χ3n) is 4.27. The highest BCUT2D eigenvalue weighted by atomic mass is 16.2. The Morgan fingerprint density at radius 3 is 2.88 bits per heavy atom. The van der Waals surface area contributed by atoms with Crippen molar-refractivity contribution in [1.82, 2.24) is 20.1 Å². The van der Waals surface area contributed by atoms with Crippen molar-refractivity contribution in [2.45, 2.75) is 19.4 Å². The number of pyridine rings is 1. The van der Waals surface area contributed by atoms with Crippen molar-refractivity contribution in [2.24, 2.45) is 5.92 Å². The molecule has 1 N–H and O–H groups in total. The topological polar surface area (TPSA) is 86.8 Å². The average molecular weight is 324 g/mol. The van der Waals surface area contributed by atoms with Gasteiger partial charge in [-0.2, -0.15) is 10.4 Å². The van der Waals surface area contributed by atoms with Crippen LogP contribution in [0, 0.1) is 17.2 Å². The van der Waals surface area contributed by atoms with Gasteiger partial charge in [-0.3, -0.25) is 9.48 Å². The number of nitrogens with one attached hydrogen (secondary N) is 1. The van der Waals surface area contributed by atoms with Crippen LogP contribution in [0.4, 0.5) is 5.82 Å². The number of nitrogens with zero attached hydrogens (tertiary/aromatic N) is 5. The average Bonchev–Trinajstić information content (AvgIpc) is 3.13. The molecular formula is C17H20N6O. The Labute approximate surface area is 140 Å². The van der Waals surface area contributed by atoms with E-state index in [9.17, 15) is 10.1 Å². The maximum absolute atomic E-state index is 11.9. The number of anilines is 1. The van der Waals surface area contributed by atoms with Gasteiger partial charge in [-0.1, -0.05) is 0 Å². The zero-order valence-corrected chi connectivity index (χ0v) is 13.4. The molecule has 1 fully saturated rings. The van der Waals surface area contributed by atoms with Gasteiger partial charge in [-0.05, 0) is 37.0 Å². The van der Waals surface area contributed by atoms with E-state index in [0.29, 0.717) is 18.0 Å². The SMILES string of the molecule is N#Cc1cccnc1N1CCC(CNC(=O)Cn2cccn2)CC1. The lowest BCUT2D eigenvalue weighted by Crippen LogP contribution is -2.40. The molecule has 24 heavy (non-hydrogen) atoms. The number of carbonyl (C=O) groups excluding carboxylic acids is 1. The summed E-state index contributed by atoms with van der Waals surface area (Å²) in [5, 5.41) is 16.2. The first-order valence-corrected chi connectivity index (χ1v) is 8.10. The van der Waals surface area contributed by atoms with E-state index in [4.69, 9.17) is 0 Å². The molecule has 0 spiro atoms. The molecule has 0 bridgehead atoms. The number of aromatic nitrogens is 3. The molecule has 1 saturated heterocycles. The number of hydrogen-bond donors (Lipinski definition) is 1. The Hall–Kier alpha value is -2.88. The van der Waals surface area contributed by atoms with E-state index in [-0.39, 0.29) is 12.5 Å². The molecule has 7 heteroatoms. The second kappa shape index (κ2) is 7.59. The molecule has 0 radical (unpaired) electrons. The van der Waals surface area contributed by atoms with Crippen LogP contribution in [0.25, 0.3) is 0 Å². The molecule has 124 valence electrons. The van der Waals surface area contributed by atoms with E-state index in [2.05, 4.69) is 26.4 Å². The largest absolute Gasteiger partial charge is 0.356 e. The van der Waals surface area contributed by atoms with Crippen molar-refractivity contribution >= 4 is 11.7 Å². The maximum atomic E-state index is 11.9. The van der Waals surface area contributed by atoms with E-state index >= 15 is 0 Å². The van der Waals surface area contributed by atoms with Crippen LogP contribution in [0.2, 0.25) is 0 Å². The second-order valence-corrected chi connectivity index (χ2v) is 5.92. The Morgan fingerprint density at radius 2 is 2.17 bits per heavy atom. The van der Waals surface area contributed by atoms with Crippen molar-refractivity contribution in [1.29, 1.82) is 5.26 Å². The molecule has 3 rings (SSSR count). The molecular weight excluding hydrogens is 304 g/mol. The van der Waals surface area contributed by atoms with Crippen molar-refractivity contribution in [3.8, 4) is 6.07 Å². The number of piperidine rings is 1. The highest BCUT2D eigenvalue weighted by Gasteiger charge is 2.22. The summed E-state index contributed by atoms with van der Waals surface area (Å²) >= 11 is 0. The molecule has 7 nitrogen and oxygen atoms in total. The van der Waals surface area contributed by atoms with Crippen molar-refractivity contribution in [3.63, 3.8) is 0 Å². The lowest BCUT2D eigenvalue weighted by Gasteiger charge is -2.33. The van der Waals surface area contributed by atoms with Gasteiger partial charge in [-0.15, -0.1) is 0 Å². The zero-order chi connectivity index (χ0) is 16.8. The minimum absolute atomic E-state index is 0.0161. The molecule has 0 aliphatic carbocycles. The number of carbonyl (C=O) groups is 1. The Bertz CT molecular complexity index is 713. The fourth-order valence-corrected chi connectivity index (χ4v) is 2.94. The smallest absolute Gasteiger partial charge is 0.241 e. The molecule has 1 aliphatic heterocycles. The second-order valence-electron chi connectivity index (χ2n) is 5.92. The van der Waals surface area contributed by atoms with Gasteiger partial charge in [0, 0.05) is 38.2 Å². The van der Waals surface area contributed by atoms with Crippen LogP contribution in [0.15, 0.2) is 36.8 Å². The van der Waals surface area contributed by atoms with Gasteiger partial charge >= 0.3 is 0 Å². The number of amides is 1. The van der Waals surface area contributed by atoms with Crippen LogP contribution in [0.5, 0.6) is 0 Å². The van der Waals surface area contributed by atoms with Crippen LogP contribution < -0.4 is 10.2 Å². The zero-order valence-electron chi connectivity index (χ0n) is 13.4. The molecule has 1 amide bonds. The first-order chi connectivity index (χ1) is 11.8. The summed E-state index contributed by atoms with van der Waals surface area (Å²) < 4.78 is 1.61. The maximum Gasteiger partial charge on any atom is 0.241 e. The third-order valence-corrected chi connectivity index (χ3v) is 4.27. The van der Waals surface area contributed by atoms with E-state index < -0.39 is 0 Å². The van der Waals surface area contributed by atoms with Crippen LogP contribution in [0.3, 0.4) is 0 Å². The molecule has 2 aromatic heterocycles. The minimum atomic E-state index is -0.0161. The van der Waals surface area contributed by atoms with Crippen molar-refractivity contribution in [2.75, 3.05) is 24.5 Å². The molecule has 0 unspecified atom stereocenters. The summed E-state index contributed by atoms with van der Waals surface area (Å²) in [4.78, 5) is 18.4. The Balaban J connectivity index is 1.45. The molecule has 0 atom stereocenters. The summed E-state index contributed by atoms with van der Waals surface area (Å²) in [7, 11) is 0. The number of hydrogen-bond acceptors (Lipinski definition) is 5. The number of nitriles is 1. The van der Waals surface area contributed by atoms with Gasteiger partial charge in [0.2, 0.25) is 5.91 Å². The van der Waals surface area contributed by atoms with E-state index in [0.717, 1.165) is 31.7 Å². The summed E-state index contributed by atoms with van der Waals surface area (Å²) in [5.41, 5.74) is 0.614. The van der Waals surface area contributed by atoms with Gasteiger partial charge in [0.05, 0.1) is 5.56 Å². The minimum Gasteiger partial charge on any atom is -0.356 e. The van der Waals surface area contributed by atoms with E-state index in [1.54, 1.807) is 41.5 Å². The molecule has 2 aromatic rings. The van der Waals surface area contributed by atoms with Gasteiger partial charge in [-0.25, -0.2) is 4.98 Å². The Kier molecular flexibility index (Phi) is 5.06. The fourth-order valence-electron chi connectivity index (χ4n) is 2.94. The summed E-state index contributed by atoms with van der Waals surface area (Å²) in [6.07, 6.45) is 7.11. The van der Waals surface area contributed by atoms with Crippen LogP contribution >= 0.6 is 0 Å². The quantitative estimate of drug-likeness (QED) is 0.892. The van der Waals surface area contributed by atoms with E-state index in [1.807, 2.05) is 0 Å². The monoisotopic (exact) mass is 324 g/mol. The highest BCUT2D eigenvalue weighted by Crippen LogP contribution is 2.23. The standard InChI is InChI=1S/C17H20N6O/c18-11-15-3-1-6-19-17(15)22-9-4-14(5-10-22)12-20-16(24)13-23-8-2-7-21-23/h1-3,6-8,14H,4-5,9-10,12-13H2,(H,20,24). The Morgan fingerprint density at radius 1 is 1.33 bits per heavy atom. The number of rotatable bonds is 5. The predicted molar refractivity (Wildman–Crippen MR) is 89.1 cm³/mol. The first kappa shape index (κ1) is 16.0.